The van der Waals surface area contributed by atoms with E-state index >= 15 is 0 Å². The van der Waals surface area contributed by atoms with Crippen LogP contribution in [0.5, 0.6) is 0 Å². The topological polar surface area (TPSA) is 78.9 Å². The number of carboxylic acid groups (broad SMARTS) is 1. The molecule has 1 amide bonds. The standard InChI is InChI=1S/C18H34N2O4/c1-5-15(16(21)22)19-12-13-20(17(23)24-18(2,3)4)14-10-8-6-7-9-11-14/h14-15,19H,5-13H2,1-4H3,(H,21,22). The Morgan fingerprint density at radius 1 is 1.21 bits per heavy atom. The van der Waals surface area contributed by atoms with Crippen molar-refractivity contribution in [2.45, 2.75) is 90.3 Å². The van der Waals surface area contributed by atoms with Crippen LogP contribution in [0.4, 0.5) is 4.79 Å². The molecular weight excluding hydrogens is 308 g/mol. The van der Waals surface area contributed by atoms with Gasteiger partial charge in [-0.25, -0.2) is 4.79 Å². The molecule has 0 radical (unpaired) electrons. The van der Waals surface area contributed by atoms with Gasteiger partial charge in [-0.3, -0.25) is 4.79 Å². The quantitative estimate of drug-likeness (QED) is 0.693. The number of nitrogens with zero attached hydrogens (tertiary/aromatic N) is 1. The molecule has 0 saturated heterocycles. The Balaban J connectivity index is 2.69. The highest BCUT2D eigenvalue weighted by molar-refractivity contribution is 5.73. The molecule has 6 nitrogen and oxygen atoms in total. The fourth-order valence-electron chi connectivity index (χ4n) is 3.08. The molecule has 140 valence electrons. The molecule has 0 aliphatic heterocycles. The molecule has 1 fully saturated rings. The fraction of sp³-hybridized carbons (Fsp3) is 0.889. The summed E-state index contributed by atoms with van der Waals surface area (Å²) in [6.45, 7) is 8.37. The zero-order chi connectivity index (χ0) is 18.2. The maximum Gasteiger partial charge on any atom is 0.410 e. The smallest absolute Gasteiger partial charge is 0.410 e. The van der Waals surface area contributed by atoms with E-state index in [0.717, 1.165) is 25.7 Å². The third kappa shape index (κ3) is 7.51. The number of hydrogen-bond acceptors (Lipinski definition) is 4. The maximum absolute atomic E-state index is 12.6. The second-order valence-corrected chi connectivity index (χ2v) is 7.57. The Kier molecular flexibility index (Phi) is 8.53. The maximum atomic E-state index is 12.6. The summed E-state index contributed by atoms with van der Waals surface area (Å²) in [6, 6.07) is -0.381. The van der Waals surface area contributed by atoms with Crippen LogP contribution in [0.15, 0.2) is 0 Å². The first-order valence-electron chi connectivity index (χ1n) is 9.20. The van der Waals surface area contributed by atoms with Crippen molar-refractivity contribution >= 4 is 12.1 Å². The predicted octanol–water partition coefficient (Wildman–Crippen LogP) is 3.40. The van der Waals surface area contributed by atoms with Crippen LogP contribution in [-0.2, 0) is 9.53 Å². The molecule has 1 aliphatic carbocycles. The number of nitrogens with one attached hydrogen (secondary N) is 1. The Bertz CT molecular complexity index is 398. The largest absolute Gasteiger partial charge is 0.480 e. The number of carbonyl (C=O) groups is 2. The van der Waals surface area contributed by atoms with E-state index in [0.29, 0.717) is 19.5 Å². The van der Waals surface area contributed by atoms with Gasteiger partial charge in [0.05, 0.1) is 0 Å². The van der Waals surface area contributed by atoms with Gasteiger partial charge in [-0.2, -0.15) is 0 Å². The predicted molar refractivity (Wildman–Crippen MR) is 94.1 cm³/mol. The van der Waals surface area contributed by atoms with Crippen molar-refractivity contribution in [3.63, 3.8) is 0 Å². The van der Waals surface area contributed by atoms with Crippen molar-refractivity contribution in [2.75, 3.05) is 13.1 Å². The molecule has 0 aromatic carbocycles. The number of rotatable bonds is 7. The van der Waals surface area contributed by atoms with Crippen LogP contribution in [0.3, 0.4) is 0 Å². The molecule has 1 saturated carbocycles. The first kappa shape index (κ1) is 20.7. The second-order valence-electron chi connectivity index (χ2n) is 7.57. The summed E-state index contributed by atoms with van der Waals surface area (Å²) in [7, 11) is 0. The molecular formula is C18H34N2O4. The summed E-state index contributed by atoms with van der Waals surface area (Å²) in [5.41, 5.74) is -0.527. The van der Waals surface area contributed by atoms with Crippen molar-refractivity contribution in [2.24, 2.45) is 0 Å². The van der Waals surface area contributed by atoms with E-state index in [-0.39, 0.29) is 12.1 Å². The molecule has 0 heterocycles. The van der Waals surface area contributed by atoms with Crippen molar-refractivity contribution in [1.82, 2.24) is 10.2 Å². The minimum Gasteiger partial charge on any atom is -0.480 e. The zero-order valence-corrected chi connectivity index (χ0v) is 15.6. The lowest BCUT2D eigenvalue weighted by molar-refractivity contribution is -0.139. The average Bonchev–Trinajstić information content (AvgIpc) is 2.74. The molecule has 24 heavy (non-hydrogen) atoms. The van der Waals surface area contributed by atoms with Crippen molar-refractivity contribution in [3.05, 3.63) is 0 Å². The van der Waals surface area contributed by atoms with Crippen LogP contribution in [0.2, 0.25) is 0 Å². The molecule has 1 rings (SSSR count). The van der Waals surface area contributed by atoms with Gasteiger partial charge in [-0.1, -0.05) is 32.6 Å². The van der Waals surface area contributed by atoms with Crippen LogP contribution in [0.1, 0.15) is 72.6 Å². The number of ether oxygens (including phenoxy) is 1. The SMILES string of the molecule is CCC(NCCN(C(=O)OC(C)(C)C)C1CCCCCC1)C(=O)O. The molecule has 0 aromatic heterocycles. The molecule has 0 aromatic rings. The van der Waals surface area contributed by atoms with Gasteiger partial charge in [0.2, 0.25) is 0 Å². The minimum atomic E-state index is -0.851. The highest BCUT2D eigenvalue weighted by Gasteiger charge is 2.28. The number of carboxylic acids is 1. The van der Waals surface area contributed by atoms with E-state index in [9.17, 15) is 9.59 Å². The van der Waals surface area contributed by atoms with Crippen molar-refractivity contribution in [1.29, 1.82) is 0 Å². The summed E-state index contributed by atoms with van der Waals surface area (Å²) >= 11 is 0. The molecule has 2 N–H and O–H groups in total. The van der Waals surface area contributed by atoms with E-state index in [1.54, 1.807) is 4.90 Å². The second kappa shape index (κ2) is 9.87. The number of carbonyl (C=O) groups excluding carboxylic acids is 1. The van der Waals surface area contributed by atoms with Crippen LogP contribution in [-0.4, -0.2) is 52.8 Å². The monoisotopic (exact) mass is 342 g/mol. The van der Waals surface area contributed by atoms with Gasteiger partial charge in [-0.05, 0) is 40.0 Å². The Hall–Kier alpha value is -1.30. The first-order chi connectivity index (χ1) is 11.2. The molecule has 1 atom stereocenters. The Labute approximate surface area is 145 Å². The van der Waals surface area contributed by atoms with Crippen LogP contribution in [0, 0.1) is 0 Å². The lowest BCUT2D eigenvalue weighted by atomic mass is 10.1. The van der Waals surface area contributed by atoms with Crippen LogP contribution < -0.4 is 5.32 Å². The first-order valence-corrected chi connectivity index (χ1v) is 9.20. The lowest BCUT2D eigenvalue weighted by Gasteiger charge is -2.33. The molecule has 0 spiro atoms. The van der Waals surface area contributed by atoms with Gasteiger partial charge in [0.15, 0.2) is 0 Å². The fourth-order valence-corrected chi connectivity index (χ4v) is 3.08. The minimum absolute atomic E-state index is 0.189. The Morgan fingerprint density at radius 3 is 2.25 bits per heavy atom. The normalized spacial score (nSPS) is 17.8. The van der Waals surface area contributed by atoms with E-state index in [2.05, 4.69) is 5.32 Å². The van der Waals surface area contributed by atoms with Gasteiger partial charge in [0.25, 0.3) is 0 Å². The third-order valence-electron chi connectivity index (χ3n) is 4.34. The van der Waals surface area contributed by atoms with E-state index in [1.165, 1.54) is 12.8 Å². The highest BCUT2D eigenvalue weighted by atomic mass is 16.6. The summed E-state index contributed by atoms with van der Waals surface area (Å²) in [5, 5.41) is 12.1. The van der Waals surface area contributed by atoms with Gasteiger partial charge >= 0.3 is 12.1 Å². The van der Waals surface area contributed by atoms with Crippen molar-refractivity contribution in [3.8, 4) is 0 Å². The van der Waals surface area contributed by atoms with E-state index in [1.807, 2.05) is 27.7 Å². The van der Waals surface area contributed by atoms with Crippen LogP contribution in [0.25, 0.3) is 0 Å². The molecule has 1 aliphatic rings. The van der Waals surface area contributed by atoms with Gasteiger partial charge in [0.1, 0.15) is 11.6 Å². The van der Waals surface area contributed by atoms with Gasteiger partial charge in [-0.15, -0.1) is 0 Å². The highest BCUT2D eigenvalue weighted by Crippen LogP contribution is 2.23. The number of aliphatic carboxylic acids is 1. The lowest BCUT2D eigenvalue weighted by Crippen LogP contribution is -2.48. The average molecular weight is 342 g/mol. The molecule has 1 unspecified atom stereocenters. The van der Waals surface area contributed by atoms with Crippen LogP contribution >= 0.6 is 0 Å². The van der Waals surface area contributed by atoms with E-state index in [4.69, 9.17) is 9.84 Å². The number of amides is 1. The number of hydrogen-bond donors (Lipinski definition) is 2. The van der Waals surface area contributed by atoms with E-state index < -0.39 is 17.6 Å². The Morgan fingerprint density at radius 2 is 1.79 bits per heavy atom. The summed E-state index contributed by atoms with van der Waals surface area (Å²) in [5.74, 6) is -0.851. The summed E-state index contributed by atoms with van der Waals surface area (Å²) in [6.07, 6.45) is 6.91. The van der Waals surface area contributed by atoms with Gasteiger partial charge in [0, 0.05) is 19.1 Å². The molecule has 6 heteroatoms. The third-order valence-corrected chi connectivity index (χ3v) is 4.34. The summed E-state index contributed by atoms with van der Waals surface area (Å²) in [4.78, 5) is 25.5. The zero-order valence-electron chi connectivity index (χ0n) is 15.6. The summed E-state index contributed by atoms with van der Waals surface area (Å²) < 4.78 is 5.57. The van der Waals surface area contributed by atoms with Crippen molar-refractivity contribution < 1.29 is 19.4 Å². The van der Waals surface area contributed by atoms with Gasteiger partial charge < -0.3 is 20.1 Å². The molecule has 0 bridgehead atoms.